The van der Waals surface area contributed by atoms with Crippen molar-refractivity contribution >= 4 is 17.4 Å². The summed E-state index contributed by atoms with van der Waals surface area (Å²) in [6.45, 7) is 1.76. The third-order valence-corrected chi connectivity index (χ3v) is 3.31. The van der Waals surface area contributed by atoms with Gasteiger partial charge in [-0.15, -0.1) is 0 Å². The lowest BCUT2D eigenvalue weighted by atomic mass is 10.1. The number of nitrogens with two attached hydrogens (primary N) is 1. The number of benzene rings is 2. The van der Waals surface area contributed by atoms with Crippen LogP contribution in [0.1, 0.15) is 17.5 Å². The number of para-hydroxylation sites is 1. The number of amidine groups is 1. The molecule has 23 heavy (non-hydrogen) atoms. The van der Waals surface area contributed by atoms with Gasteiger partial charge in [-0.1, -0.05) is 53.7 Å². The molecular formula is C18H21N3O2. The Morgan fingerprint density at radius 1 is 1.13 bits per heavy atom. The summed E-state index contributed by atoms with van der Waals surface area (Å²) in [7, 11) is 0. The predicted octanol–water partition coefficient (Wildman–Crippen LogP) is 2.86. The van der Waals surface area contributed by atoms with Crippen LogP contribution in [0.3, 0.4) is 0 Å². The normalized spacial score (nSPS) is 11.1. The van der Waals surface area contributed by atoms with Crippen LogP contribution in [0.25, 0.3) is 0 Å². The van der Waals surface area contributed by atoms with Crippen molar-refractivity contribution in [3.63, 3.8) is 0 Å². The van der Waals surface area contributed by atoms with Crippen LogP contribution >= 0.6 is 0 Å². The second-order valence-electron chi connectivity index (χ2n) is 5.20. The first kappa shape index (κ1) is 16.5. The Morgan fingerprint density at radius 2 is 1.83 bits per heavy atom. The van der Waals surface area contributed by atoms with Gasteiger partial charge in [-0.2, -0.15) is 0 Å². The summed E-state index contributed by atoms with van der Waals surface area (Å²) in [6.07, 6.45) is 1.37. The van der Waals surface area contributed by atoms with Crippen LogP contribution < -0.4 is 11.1 Å². The zero-order valence-corrected chi connectivity index (χ0v) is 13.2. The van der Waals surface area contributed by atoms with Gasteiger partial charge in [-0.25, -0.2) is 0 Å². The summed E-state index contributed by atoms with van der Waals surface area (Å²) < 4.78 is 0. The lowest BCUT2D eigenvalue weighted by Crippen LogP contribution is -2.19. The van der Waals surface area contributed by atoms with E-state index in [0.29, 0.717) is 12.3 Å². The van der Waals surface area contributed by atoms with Gasteiger partial charge in [0.1, 0.15) is 5.84 Å². The van der Waals surface area contributed by atoms with Gasteiger partial charge in [0.25, 0.3) is 5.91 Å². The number of carbonyl (C=O) groups excluding carboxylic acids is 1. The van der Waals surface area contributed by atoms with E-state index in [1.165, 1.54) is 5.56 Å². The van der Waals surface area contributed by atoms with Crippen LogP contribution in [0.5, 0.6) is 0 Å². The fourth-order valence-electron chi connectivity index (χ4n) is 2.04. The maximum Gasteiger partial charge on any atom is 0.265 e. The molecule has 0 aromatic heterocycles. The SMILES string of the molecule is Cc1ccccc1NC(=O)CO/N=C(\N)CCc1ccccc1. The largest absolute Gasteiger partial charge is 0.384 e. The highest BCUT2D eigenvalue weighted by Crippen LogP contribution is 2.12. The number of nitrogens with one attached hydrogen (secondary N) is 1. The number of nitrogens with zero attached hydrogens (tertiary/aromatic N) is 1. The van der Waals surface area contributed by atoms with Crippen LogP contribution in [-0.4, -0.2) is 18.3 Å². The second kappa shape index (κ2) is 8.58. The molecule has 0 saturated heterocycles. The van der Waals surface area contributed by atoms with Crippen molar-refractivity contribution in [1.82, 2.24) is 0 Å². The quantitative estimate of drug-likeness (QED) is 0.469. The van der Waals surface area contributed by atoms with Gasteiger partial charge in [0.2, 0.25) is 0 Å². The van der Waals surface area contributed by atoms with Crippen molar-refractivity contribution in [3.8, 4) is 0 Å². The predicted molar refractivity (Wildman–Crippen MR) is 92.1 cm³/mol. The number of aryl methyl sites for hydroxylation is 2. The lowest BCUT2D eigenvalue weighted by molar-refractivity contribution is -0.120. The first-order valence-corrected chi connectivity index (χ1v) is 7.49. The van der Waals surface area contributed by atoms with Crippen molar-refractivity contribution in [3.05, 3.63) is 65.7 Å². The number of hydrogen-bond donors (Lipinski definition) is 2. The van der Waals surface area contributed by atoms with E-state index in [0.717, 1.165) is 17.7 Å². The van der Waals surface area contributed by atoms with Crippen molar-refractivity contribution in [2.75, 3.05) is 11.9 Å². The van der Waals surface area contributed by atoms with E-state index in [1.807, 2.05) is 61.5 Å². The second-order valence-corrected chi connectivity index (χ2v) is 5.20. The first-order valence-electron chi connectivity index (χ1n) is 7.49. The summed E-state index contributed by atoms with van der Waals surface area (Å²) in [6, 6.07) is 17.5. The highest BCUT2D eigenvalue weighted by molar-refractivity contribution is 5.92. The van der Waals surface area contributed by atoms with Gasteiger partial charge in [-0.05, 0) is 30.5 Å². The van der Waals surface area contributed by atoms with Crippen LogP contribution in [0.2, 0.25) is 0 Å². The molecule has 2 aromatic rings. The molecule has 0 saturated carbocycles. The highest BCUT2D eigenvalue weighted by Gasteiger charge is 2.05. The Balaban J connectivity index is 1.72. The van der Waals surface area contributed by atoms with E-state index in [-0.39, 0.29) is 12.5 Å². The van der Waals surface area contributed by atoms with Crippen LogP contribution in [-0.2, 0) is 16.1 Å². The van der Waals surface area contributed by atoms with E-state index >= 15 is 0 Å². The fraction of sp³-hybridized carbons (Fsp3) is 0.222. The summed E-state index contributed by atoms with van der Waals surface area (Å²) in [4.78, 5) is 16.8. The van der Waals surface area contributed by atoms with Crippen LogP contribution in [0.4, 0.5) is 5.69 Å². The molecule has 0 spiro atoms. The average molecular weight is 311 g/mol. The molecule has 0 radical (unpaired) electrons. The molecule has 0 fully saturated rings. The molecule has 120 valence electrons. The molecule has 0 aliphatic heterocycles. The van der Waals surface area contributed by atoms with Crippen molar-refractivity contribution in [2.24, 2.45) is 10.9 Å². The monoisotopic (exact) mass is 311 g/mol. The van der Waals surface area contributed by atoms with Gasteiger partial charge in [-0.3, -0.25) is 4.79 Å². The maximum absolute atomic E-state index is 11.8. The summed E-state index contributed by atoms with van der Waals surface area (Å²) >= 11 is 0. The van der Waals surface area contributed by atoms with E-state index in [2.05, 4.69) is 10.5 Å². The van der Waals surface area contributed by atoms with Gasteiger partial charge >= 0.3 is 0 Å². The van der Waals surface area contributed by atoms with Gasteiger partial charge < -0.3 is 15.9 Å². The van der Waals surface area contributed by atoms with Crippen molar-refractivity contribution in [2.45, 2.75) is 19.8 Å². The zero-order valence-electron chi connectivity index (χ0n) is 13.2. The van der Waals surface area contributed by atoms with Gasteiger partial charge in [0, 0.05) is 12.1 Å². The van der Waals surface area contributed by atoms with E-state index in [1.54, 1.807) is 0 Å². The number of hydrogen-bond acceptors (Lipinski definition) is 3. The maximum atomic E-state index is 11.8. The lowest BCUT2D eigenvalue weighted by Gasteiger charge is -2.07. The molecule has 1 amide bonds. The smallest absolute Gasteiger partial charge is 0.265 e. The molecule has 3 N–H and O–H groups in total. The van der Waals surface area contributed by atoms with Gasteiger partial charge in [0.05, 0.1) is 0 Å². The highest BCUT2D eigenvalue weighted by atomic mass is 16.6. The molecule has 0 atom stereocenters. The standard InChI is InChI=1S/C18H21N3O2/c1-14-7-5-6-10-16(14)20-18(22)13-23-21-17(19)12-11-15-8-3-2-4-9-15/h2-10H,11-13H2,1H3,(H2,19,21)(H,20,22). The van der Waals surface area contributed by atoms with E-state index in [4.69, 9.17) is 10.6 Å². The molecule has 0 bridgehead atoms. The Bertz CT molecular complexity index is 669. The summed E-state index contributed by atoms with van der Waals surface area (Å²) in [5, 5.41) is 6.54. The number of anilines is 1. The van der Waals surface area contributed by atoms with E-state index < -0.39 is 0 Å². The van der Waals surface area contributed by atoms with Crippen molar-refractivity contribution < 1.29 is 9.63 Å². The molecular weight excluding hydrogens is 290 g/mol. The Kier molecular flexibility index (Phi) is 6.17. The molecule has 2 aromatic carbocycles. The minimum atomic E-state index is -0.265. The average Bonchev–Trinajstić information content (AvgIpc) is 2.56. The topological polar surface area (TPSA) is 76.7 Å². The van der Waals surface area contributed by atoms with Crippen LogP contribution in [0.15, 0.2) is 59.8 Å². The third kappa shape index (κ3) is 5.82. The Morgan fingerprint density at radius 3 is 2.57 bits per heavy atom. The molecule has 0 heterocycles. The Labute approximate surface area is 136 Å². The number of amides is 1. The number of carbonyl (C=O) groups is 1. The van der Waals surface area contributed by atoms with Gasteiger partial charge in [0.15, 0.2) is 6.61 Å². The first-order chi connectivity index (χ1) is 11.1. The Hall–Kier alpha value is -2.82. The molecule has 2 rings (SSSR count). The number of oxime groups is 1. The fourth-order valence-corrected chi connectivity index (χ4v) is 2.04. The molecule has 0 aliphatic carbocycles. The molecule has 5 heteroatoms. The third-order valence-electron chi connectivity index (χ3n) is 3.31. The minimum absolute atomic E-state index is 0.166. The molecule has 0 unspecified atom stereocenters. The zero-order chi connectivity index (χ0) is 16.5. The molecule has 0 aliphatic rings. The number of rotatable bonds is 7. The molecule has 5 nitrogen and oxygen atoms in total. The van der Waals surface area contributed by atoms with Crippen LogP contribution in [0, 0.1) is 6.92 Å². The van der Waals surface area contributed by atoms with Crippen molar-refractivity contribution in [1.29, 1.82) is 0 Å². The summed E-state index contributed by atoms with van der Waals surface area (Å²) in [5.74, 6) is 0.108. The summed E-state index contributed by atoms with van der Waals surface area (Å²) in [5.41, 5.74) is 8.72. The van der Waals surface area contributed by atoms with E-state index in [9.17, 15) is 4.79 Å². The minimum Gasteiger partial charge on any atom is -0.384 e.